The zero-order chi connectivity index (χ0) is 15.1. The Labute approximate surface area is 139 Å². The minimum absolute atomic E-state index is 0.534. The van der Waals surface area contributed by atoms with Gasteiger partial charge in [-0.3, -0.25) is 0 Å². The van der Waals surface area contributed by atoms with Crippen LogP contribution in [0.1, 0.15) is 57.4 Å². The molecule has 0 amide bonds. The fourth-order valence-electron chi connectivity index (χ4n) is 3.37. The number of hydrogen-bond acceptors (Lipinski definition) is 1. The van der Waals surface area contributed by atoms with Crippen LogP contribution in [0, 0.1) is 5.92 Å². The first-order chi connectivity index (χ1) is 10.2. The number of benzene rings is 1. The lowest BCUT2D eigenvalue weighted by Crippen LogP contribution is -2.34. The largest absolute Gasteiger partial charge is 0.314 e. The third kappa shape index (κ3) is 5.81. The highest BCUT2D eigenvalue weighted by Gasteiger charge is 2.19. The van der Waals surface area contributed by atoms with Gasteiger partial charge in [-0.2, -0.15) is 0 Å². The van der Waals surface area contributed by atoms with Crippen LogP contribution in [0.25, 0.3) is 0 Å². The molecular formula is C18H27Cl2N. The summed E-state index contributed by atoms with van der Waals surface area (Å²) in [5, 5.41) is 5.23. The molecule has 0 heterocycles. The van der Waals surface area contributed by atoms with E-state index in [9.17, 15) is 0 Å². The van der Waals surface area contributed by atoms with Crippen molar-refractivity contribution in [1.29, 1.82) is 0 Å². The fourth-order valence-corrected chi connectivity index (χ4v) is 3.85. The molecule has 1 aromatic carbocycles. The van der Waals surface area contributed by atoms with Gasteiger partial charge in [-0.15, -0.1) is 0 Å². The van der Waals surface area contributed by atoms with Gasteiger partial charge in [0.25, 0.3) is 0 Å². The Morgan fingerprint density at radius 3 is 2.62 bits per heavy atom. The zero-order valence-electron chi connectivity index (χ0n) is 13.0. The van der Waals surface area contributed by atoms with Gasteiger partial charge < -0.3 is 5.32 Å². The van der Waals surface area contributed by atoms with Crippen molar-refractivity contribution in [2.75, 3.05) is 6.54 Å². The fraction of sp³-hybridized carbons (Fsp3) is 0.667. The van der Waals surface area contributed by atoms with Crippen molar-refractivity contribution >= 4 is 23.2 Å². The molecule has 1 atom stereocenters. The van der Waals surface area contributed by atoms with Crippen LogP contribution >= 0.6 is 23.2 Å². The van der Waals surface area contributed by atoms with Crippen LogP contribution in [-0.2, 0) is 6.42 Å². The Morgan fingerprint density at radius 2 is 1.95 bits per heavy atom. The van der Waals surface area contributed by atoms with Gasteiger partial charge in [0.05, 0.1) is 0 Å². The molecule has 1 saturated carbocycles. The van der Waals surface area contributed by atoms with Crippen molar-refractivity contribution < 1.29 is 0 Å². The number of hydrogen-bond donors (Lipinski definition) is 1. The average molecular weight is 328 g/mol. The SMILES string of the molecule is CCCNC(Cc1ccc(Cl)cc1Cl)CC1CCCCC1. The highest BCUT2D eigenvalue weighted by molar-refractivity contribution is 6.35. The topological polar surface area (TPSA) is 12.0 Å². The summed E-state index contributed by atoms with van der Waals surface area (Å²) in [7, 11) is 0. The lowest BCUT2D eigenvalue weighted by atomic mass is 9.83. The van der Waals surface area contributed by atoms with Crippen LogP contribution < -0.4 is 5.32 Å². The first-order valence-corrected chi connectivity index (χ1v) is 9.12. The van der Waals surface area contributed by atoms with Gasteiger partial charge in [0.1, 0.15) is 0 Å². The second kappa shape index (κ2) is 9.02. The molecule has 118 valence electrons. The van der Waals surface area contributed by atoms with Gasteiger partial charge in [0.15, 0.2) is 0 Å². The summed E-state index contributed by atoms with van der Waals surface area (Å²) in [6.07, 6.45) is 10.5. The van der Waals surface area contributed by atoms with Gasteiger partial charge in [-0.25, -0.2) is 0 Å². The van der Waals surface area contributed by atoms with Crippen LogP contribution in [0.15, 0.2) is 18.2 Å². The lowest BCUT2D eigenvalue weighted by molar-refractivity contribution is 0.296. The summed E-state index contributed by atoms with van der Waals surface area (Å²) in [4.78, 5) is 0. The van der Waals surface area contributed by atoms with E-state index in [2.05, 4.69) is 18.3 Å². The molecule has 3 heteroatoms. The normalized spacial score (nSPS) is 17.9. The molecule has 1 aromatic rings. The lowest BCUT2D eigenvalue weighted by Gasteiger charge is -2.27. The van der Waals surface area contributed by atoms with Crippen LogP contribution in [0.5, 0.6) is 0 Å². The third-order valence-corrected chi connectivity index (χ3v) is 5.09. The van der Waals surface area contributed by atoms with E-state index < -0.39 is 0 Å². The highest BCUT2D eigenvalue weighted by Crippen LogP contribution is 2.29. The Kier molecular flexibility index (Phi) is 7.36. The predicted molar refractivity (Wildman–Crippen MR) is 93.4 cm³/mol. The maximum Gasteiger partial charge on any atom is 0.0453 e. The monoisotopic (exact) mass is 327 g/mol. The molecule has 1 nitrogen and oxygen atoms in total. The first-order valence-electron chi connectivity index (χ1n) is 8.36. The van der Waals surface area contributed by atoms with Gasteiger partial charge in [-0.05, 0) is 49.4 Å². The smallest absolute Gasteiger partial charge is 0.0453 e. The van der Waals surface area contributed by atoms with Crippen molar-refractivity contribution in [2.45, 2.75) is 64.3 Å². The standard InChI is InChI=1S/C18H27Cl2N/c1-2-10-21-17(11-14-6-4-3-5-7-14)12-15-8-9-16(19)13-18(15)20/h8-9,13-14,17,21H,2-7,10-12H2,1H3. The Morgan fingerprint density at radius 1 is 1.19 bits per heavy atom. The van der Waals surface area contributed by atoms with Gasteiger partial charge >= 0.3 is 0 Å². The zero-order valence-corrected chi connectivity index (χ0v) is 14.5. The minimum atomic E-state index is 0.534. The van der Waals surface area contributed by atoms with Gasteiger partial charge in [0, 0.05) is 16.1 Å². The maximum atomic E-state index is 6.34. The number of rotatable bonds is 7. The van der Waals surface area contributed by atoms with Crippen LogP contribution in [0.3, 0.4) is 0 Å². The molecule has 1 fully saturated rings. The molecule has 0 bridgehead atoms. The molecule has 1 N–H and O–H groups in total. The molecule has 1 aliphatic carbocycles. The molecular weight excluding hydrogens is 301 g/mol. The van der Waals surface area contributed by atoms with Crippen molar-refractivity contribution in [3.05, 3.63) is 33.8 Å². The third-order valence-electron chi connectivity index (χ3n) is 4.51. The maximum absolute atomic E-state index is 6.34. The molecule has 0 aliphatic heterocycles. The molecule has 2 rings (SSSR count). The second-order valence-electron chi connectivity index (χ2n) is 6.33. The van der Waals surface area contributed by atoms with Crippen molar-refractivity contribution in [1.82, 2.24) is 5.32 Å². The van der Waals surface area contributed by atoms with Crippen molar-refractivity contribution in [3.63, 3.8) is 0 Å². The van der Waals surface area contributed by atoms with Gasteiger partial charge in [0.2, 0.25) is 0 Å². The van der Waals surface area contributed by atoms with E-state index in [0.29, 0.717) is 11.1 Å². The van der Waals surface area contributed by atoms with E-state index in [-0.39, 0.29) is 0 Å². The second-order valence-corrected chi connectivity index (χ2v) is 7.17. The molecule has 1 unspecified atom stereocenters. The molecule has 21 heavy (non-hydrogen) atoms. The van der Waals surface area contributed by atoms with Gasteiger partial charge in [-0.1, -0.05) is 68.3 Å². The molecule has 0 spiro atoms. The van der Waals surface area contributed by atoms with E-state index in [1.807, 2.05) is 12.1 Å². The van der Waals surface area contributed by atoms with Crippen LogP contribution in [0.2, 0.25) is 10.0 Å². The van der Waals surface area contributed by atoms with Crippen molar-refractivity contribution in [3.8, 4) is 0 Å². The number of nitrogens with one attached hydrogen (secondary N) is 1. The van der Waals surface area contributed by atoms with E-state index in [1.165, 1.54) is 50.5 Å². The summed E-state index contributed by atoms with van der Waals surface area (Å²) in [5.74, 6) is 0.888. The minimum Gasteiger partial charge on any atom is -0.314 e. The predicted octanol–water partition coefficient (Wildman–Crippen LogP) is 5.87. The Hall–Kier alpha value is -0.240. The highest BCUT2D eigenvalue weighted by atomic mass is 35.5. The molecule has 0 radical (unpaired) electrons. The summed E-state index contributed by atoms with van der Waals surface area (Å²) in [5.41, 5.74) is 1.21. The molecule has 0 aromatic heterocycles. The van der Waals surface area contributed by atoms with Crippen LogP contribution in [-0.4, -0.2) is 12.6 Å². The summed E-state index contributed by atoms with van der Waals surface area (Å²) in [6.45, 7) is 3.31. The number of halogens is 2. The van der Waals surface area contributed by atoms with E-state index in [4.69, 9.17) is 23.2 Å². The Balaban J connectivity index is 1.97. The van der Waals surface area contributed by atoms with E-state index >= 15 is 0 Å². The van der Waals surface area contributed by atoms with Crippen LogP contribution in [0.4, 0.5) is 0 Å². The van der Waals surface area contributed by atoms with E-state index in [0.717, 1.165) is 23.9 Å². The quantitative estimate of drug-likeness (QED) is 0.659. The van der Waals surface area contributed by atoms with E-state index in [1.54, 1.807) is 0 Å². The summed E-state index contributed by atoms with van der Waals surface area (Å²) < 4.78 is 0. The first kappa shape index (κ1) is 17.1. The molecule has 0 saturated heterocycles. The average Bonchev–Trinajstić information content (AvgIpc) is 2.48. The molecule has 1 aliphatic rings. The Bertz CT molecular complexity index is 427. The summed E-state index contributed by atoms with van der Waals surface area (Å²) >= 11 is 12.3. The summed E-state index contributed by atoms with van der Waals surface area (Å²) in [6, 6.07) is 6.41. The van der Waals surface area contributed by atoms with Crippen molar-refractivity contribution in [2.24, 2.45) is 5.92 Å².